The summed E-state index contributed by atoms with van der Waals surface area (Å²) in [7, 11) is 0. The van der Waals surface area contributed by atoms with Crippen molar-refractivity contribution in [3.63, 3.8) is 0 Å². The van der Waals surface area contributed by atoms with E-state index < -0.39 is 0 Å². The molecule has 0 aromatic heterocycles. The summed E-state index contributed by atoms with van der Waals surface area (Å²) >= 11 is 0. The summed E-state index contributed by atoms with van der Waals surface area (Å²) in [6.45, 7) is 5.73. The highest BCUT2D eigenvalue weighted by Gasteiger charge is 1.95. The largest absolute Gasteiger partial charge is 0.458 e. The van der Waals surface area contributed by atoms with E-state index in [1.807, 2.05) is 37.3 Å². The predicted octanol–water partition coefficient (Wildman–Crippen LogP) is 2.82. The molecular weight excluding hydrogens is 188 g/mol. The molecule has 0 saturated carbocycles. The van der Waals surface area contributed by atoms with Crippen molar-refractivity contribution in [1.82, 2.24) is 0 Å². The fourth-order valence-electron chi connectivity index (χ4n) is 0.971. The number of carbonyl (C=O) groups is 1. The lowest BCUT2D eigenvalue weighted by Gasteiger charge is -1.99. The van der Waals surface area contributed by atoms with E-state index >= 15 is 0 Å². The van der Waals surface area contributed by atoms with Crippen molar-refractivity contribution in [2.45, 2.75) is 6.92 Å². The van der Waals surface area contributed by atoms with Crippen molar-refractivity contribution in [1.29, 1.82) is 0 Å². The Labute approximate surface area is 89.9 Å². The summed E-state index contributed by atoms with van der Waals surface area (Å²) in [4.78, 5) is 11.2. The minimum absolute atomic E-state index is 0.276. The first-order chi connectivity index (χ1) is 7.18. The van der Waals surface area contributed by atoms with Crippen LogP contribution in [0.5, 0.6) is 0 Å². The minimum Gasteiger partial charge on any atom is -0.458 e. The summed E-state index contributed by atoms with van der Waals surface area (Å²) in [5.41, 5.74) is 1.81. The average Bonchev–Trinajstić information content (AvgIpc) is 2.25. The summed E-state index contributed by atoms with van der Waals surface area (Å²) in [5.74, 6) is -0.346. The van der Waals surface area contributed by atoms with Gasteiger partial charge in [-0.1, -0.05) is 36.9 Å². The third-order valence-corrected chi connectivity index (χ3v) is 1.67. The topological polar surface area (TPSA) is 26.3 Å². The van der Waals surface area contributed by atoms with Crippen LogP contribution in [-0.4, -0.2) is 12.6 Å². The SMILES string of the molecule is C=C(C)COC(=O)C=Cc1ccccc1. The van der Waals surface area contributed by atoms with E-state index in [4.69, 9.17) is 4.74 Å². The highest BCUT2D eigenvalue weighted by molar-refractivity contribution is 5.87. The number of hydrogen-bond donors (Lipinski definition) is 0. The van der Waals surface area contributed by atoms with Gasteiger partial charge in [0, 0.05) is 6.08 Å². The normalized spacial score (nSPS) is 10.2. The third-order valence-electron chi connectivity index (χ3n) is 1.67. The van der Waals surface area contributed by atoms with Crippen LogP contribution in [0.15, 0.2) is 48.6 Å². The van der Waals surface area contributed by atoms with Gasteiger partial charge in [0.1, 0.15) is 6.61 Å². The average molecular weight is 202 g/mol. The van der Waals surface area contributed by atoms with Gasteiger partial charge < -0.3 is 4.74 Å². The van der Waals surface area contributed by atoms with Crippen molar-refractivity contribution in [2.75, 3.05) is 6.61 Å². The molecule has 0 N–H and O–H groups in total. The van der Waals surface area contributed by atoms with Gasteiger partial charge in [0.25, 0.3) is 0 Å². The molecule has 78 valence electrons. The first kappa shape index (κ1) is 11.2. The molecular formula is C13H14O2. The third kappa shape index (κ3) is 4.81. The van der Waals surface area contributed by atoms with Crippen LogP contribution in [-0.2, 0) is 9.53 Å². The molecule has 0 radical (unpaired) electrons. The van der Waals surface area contributed by atoms with Gasteiger partial charge in [0.15, 0.2) is 0 Å². The maximum atomic E-state index is 11.2. The second-order valence-electron chi connectivity index (χ2n) is 3.31. The van der Waals surface area contributed by atoms with Gasteiger partial charge >= 0.3 is 5.97 Å². The predicted molar refractivity (Wildman–Crippen MR) is 61.2 cm³/mol. The number of carbonyl (C=O) groups excluding carboxylic acids is 1. The fraction of sp³-hybridized carbons (Fsp3) is 0.154. The van der Waals surface area contributed by atoms with Gasteiger partial charge in [0.2, 0.25) is 0 Å². The number of hydrogen-bond acceptors (Lipinski definition) is 2. The van der Waals surface area contributed by atoms with Crippen molar-refractivity contribution >= 4 is 12.0 Å². The monoisotopic (exact) mass is 202 g/mol. The number of esters is 1. The lowest BCUT2D eigenvalue weighted by Crippen LogP contribution is -2.02. The summed E-state index contributed by atoms with van der Waals surface area (Å²) in [6.07, 6.45) is 3.14. The van der Waals surface area contributed by atoms with Crippen LogP contribution >= 0.6 is 0 Å². The first-order valence-corrected chi connectivity index (χ1v) is 4.73. The molecule has 0 bridgehead atoms. The zero-order valence-corrected chi connectivity index (χ0v) is 8.77. The van der Waals surface area contributed by atoms with E-state index in [-0.39, 0.29) is 12.6 Å². The van der Waals surface area contributed by atoms with Gasteiger partial charge in [-0.05, 0) is 24.1 Å². The second-order valence-corrected chi connectivity index (χ2v) is 3.31. The van der Waals surface area contributed by atoms with Crippen molar-refractivity contribution in [3.05, 3.63) is 54.1 Å². The zero-order chi connectivity index (χ0) is 11.1. The molecule has 0 atom stereocenters. The lowest BCUT2D eigenvalue weighted by molar-refractivity contribution is -0.136. The number of rotatable bonds is 4. The van der Waals surface area contributed by atoms with Crippen molar-refractivity contribution in [3.8, 4) is 0 Å². The molecule has 0 aliphatic heterocycles. The molecule has 0 unspecified atom stereocenters. The van der Waals surface area contributed by atoms with Crippen molar-refractivity contribution < 1.29 is 9.53 Å². The molecule has 0 amide bonds. The van der Waals surface area contributed by atoms with Gasteiger partial charge in [-0.2, -0.15) is 0 Å². The van der Waals surface area contributed by atoms with Crippen LogP contribution in [0.1, 0.15) is 12.5 Å². The maximum absolute atomic E-state index is 11.2. The lowest BCUT2D eigenvalue weighted by atomic mass is 10.2. The van der Waals surface area contributed by atoms with Gasteiger partial charge in [0.05, 0.1) is 0 Å². The van der Waals surface area contributed by atoms with Crippen LogP contribution in [0.3, 0.4) is 0 Å². The van der Waals surface area contributed by atoms with E-state index in [9.17, 15) is 4.79 Å². The molecule has 1 aromatic carbocycles. The maximum Gasteiger partial charge on any atom is 0.331 e. The molecule has 0 heterocycles. The van der Waals surface area contributed by atoms with Crippen molar-refractivity contribution in [2.24, 2.45) is 0 Å². The van der Waals surface area contributed by atoms with E-state index in [0.717, 1.165) is 11.1 Å². The highest BCUT2D eigenvalue weighted by atomic mass is 16.5. The quantitative estimate of drug-likeness (QED) is 0.426. The van der Waals surface area contributed by atoms with Crippen LogP contribution in [0.4, 0.5) is 0 Å². The Balaban J connectivity index is 2.44. The smallest absolute Gasteiger partial charge is 0.331 e. The summed E-state index contributed by atoms with van der Waals surface area (Å²) in [5, 5.41) is 0. The van der Waals surface area contributed by atoms with Gasteiger partial charge in [-0.3, -0.25) is 0 Å². The molecule has 1 rings (SSSR count). The van der Waals surface area contributed by atoms with E-state index in [1.165, 1.54) is 6.08 Å². The molecule has 0 aliphatic rings. The van der Waals surface area contributed by atoms with E-state index in [2.05, 4.69) is 6.58 Å². The molecule has 0 spiro atoms. The highest BCUT2D eigenvalue weighted by Crippen LogP contribution is 2.01. The molecule has 0 aliphatic carbocycles. The van der Waals surface area contributed by atoms with Crippen LogP contribution in [0.2, 0.25) is 0 Å². The molecule has 15 heavy (non-hydrogen) atoms. The Morgan fingerprint density at radius 1 is 1.40 bits per heavy atom. The Hall–Kier alpha value is -1.83. The molecule has 0 fully saturated rings. The summed E-state index contributed by atoms with van der Waals surface area (Å²) < 4.78 is 4.90. The Morgan fingerprint density at radius 3 is 2.67 bits per heavy atom. The van der Waals surface area contributed by atoms with E-state index in [1.54, 1.807) is 6.08 Å². The Bertz CT molecular complexity index is 363. The van der Waals surface area contributed by atoms with E-state index in [0.29, 0.717) is 0 Å². The zero-order valence-electron chi connectivity index (χ0n) is 8.77. The van der Waals surface area contributed by atoms with Gasteiger partial charge in [-0.15, -0.1) is 0 Å². The van der Waals surface area contributed by atoms with Gasteiger partial charge in [-0.25, -0.2) is 4.79 Å². The number of benzene rings is 1. The molecule has 1 aromatic rings. The molecule has 2 heteroatoms. The van der Waals surface area contributed by atoms with Crippen LogP contribution in [0.25, 0.3) is 6.08 Å². The Morgan fingerprint density at radius 2 is 2.07 bits per heavy atom. The molecule has 0 saturated heterocycles. The Kier molecular flexibility index (Phi) is 4.35. The van der Waals surface area contributed by atoms with Crippen LogP contribution in [0, 0.1) is 0 Å². The standard InChI is InChI=1S/C13H14O2/c1-11(2)10-15-13(14)9-8-12-6-4-3-5-7-12/h3-9H,1,10H2,2H3. The fourth-order valence-corrected chi connectivity index (χ4v) is 0.971. The number of ether oxygens (including phenoxy) is 1. The molecule has 2 nitrogen and oxygen atoms in total. The minimum atomic E-state index is -0.346. The van der Waals surface area contributed by atoms with Crippen LogP contribution < -0.4 is 0 Å². The second kappa shape index (κ2) is 5.81. The first-order valence-electron chi connectivity index (χ1n) is 4.73. The summed E-state index contributed by atoms with van der Waals surface area (Å²) in [6, 6.07) is 9.60.